The van der Waals surface area contributed by atoms with Crippen LogP contribution in [0.25, 0.3) is 11.5 Å². The largest absolute Gasteiger partial charge is 0.419 e. The van der Waals surface area contributed by atoms with Gasteiger partial charge in [-0.25, -0.2) is 0 Å². The van der Waals surface area contributed by atoms with Gasteiger partial charge in [0.1, 0.15) is 0 Å². The lowest BCUT2D eigenvalue weighted by Gasteiger charge is -2.36. The van der Waals surface area contributed by atoms with Gasteiger partial charge in [0.2, 0.25) is 11.8 Å². The number of nitrogens with zero attached hydrogens (tertiary/aromatic N) is 4. The highest BCUT2D eigenvalue weighted by molar-refractivity contribution is 5.52. The van der Waals surface area contributed by atoms with Crippen molar-refractivity contribution in [3.63, 3.8) is 0 Å². The van der Waals surface area contributed by atoms with Gasteiger partial charge in [-0.3, -0.25) is 9.80 Å². The molecule has 0 saturated carbocycles. The second kappa shape index (κ2) is 8.56. The molecule has 1 saturated heterocycles. The monoisotopic (exact) mass is 344 g/mol. The first-order valence-electron chi connectivity index (χ1n) is 9.12. The summed E-state index contributed by atoms with van der Waals surface area (Å²) in [4.78, 5) is 4.86. The Kier molecular flexibility index (Phi) is 6.18. The van der Waals surface area contributed by atoms with E-state index >= 15 is 0 Å². The number of hydrogen-bond donors (Lipinski definition) is 0. The summed E-state index contributed by atoms with van der Waals surface area (Å²) in [5, 5.41) is 8.50. The Morgan fingerprint density at radius 3 is 2.52 bits per heavy atom. The molecule has 3 rings (SSSR count). The Bertz CT molecular complexity index is 648. The van der Waals surface area contributed by atoms with E-state index in [1.54, 1.807) is 0 Å². The average Bonchev–Trinajstić information content (AvgIpc) is 3.13. The summed E-state index contributed by atoms with van der Waals surface area (Å²) < 4.78 is 11.4. The van der Waals surface area contributed by atoms with E-state index in [-0.39, 0.29) is 6.04 Å². The van der Waals surface area contributed by atoms with Gasteiger partial charge in [0.15, 0.2) is 0 Å². The smallest absolute Gasteiger partial charge is 0.247 e. The summed E-state index contributed by atoms with van der Waals surface area (Å²) in [6.07, 6.45) is 0. The zero-order valence-corrected chi connectivity index (χ0v) is 15.4. The van der Waals surface area contributed by atoms with Crippen LogP contribution in [0.1, 0.15) is 31.3 Å². The van der Waals surface area contributed by atoms with Crippen LogP contribution >= 0.6 is 0 Å². The molecule has 25 heavy (non-hydrogen) atoms. The molecule has 0 bridgehead atoms. The number of aromatic nitrogens is 2. The fourth-order valence-electron chi connectivity index (χ4n) is 3.08. The zero-order valence-electron chi connectivity index (χ0n) is 15.4. The minimum absolute atomic E-state index is 0.140. The summed E-state index contributed by atoms with van der Waals surface area (Å²) in [6.45, 7) is 13.0. The second-order valence-electron chi connectivity index (χ2n) is 6.56. The molecule has 1 aliphatic rings. The first kappa shape index (κ1) is 18.0. The van der Waals surface area contributed by atoms with Gasteiger partial charge < -0.3 is 9.15 Å². The van der Waals surface area contributed by atoms with Crippen molar-refractivity contribution in [2.24, 2.45) is 0 Å². The van der Waals surface area contributed by atoms with E-state index in [9.17, 15) is 0 Å². The SMILES string of the molecule is CCOCCN1CCN(C(C)c2nnc(-c3ccc(C)cc3)o2)CC1. The topological polar surface area (TPSA) is 54.6 Å². The van der Waals surface area contributed by atoms with Crippen LogP contribution in [-0.2, 0) is 4.74 Å². The lowest BCUT2D eigenvalue weighted by atomic mass is 10.1. The Morgan fingerprint density at radius 2 is 1.84 bits per heavy atom. The van der Waals surface area contributed by atoms with E-state index in [0.717, 1.165) is 51.5 Å². The van der Waals surface area contributed by atoms with Crippen molar-refractivity contribution in [2.45, 2.75) is 26.8 Å². The molecule has 6 nitrogen and oxygen atoms in total. The summed E-state index contributed by atoms with van der Waals surface area (Å²) >= 11 is 0. The second-order valence-corrected chi connectivity index (χ2v) is 6.56. The van der Waals surface area contributed by atoms with Crippen LogP contribution in [0.5, 0.6) is 0 Å². The maximum atomic E-state index is 5.93. The Hall–Kier alpha value is -1.76. The van der Waals surface area contributed by atoms with E-state index in [1.165, 1.54) is 5.56 Å². The van der Waals surface area contributed by atoms with Crippen LogP contribution < -0.4 is 0 Å². The lowest BCUT2D eigenvalue weighted by Crippen LogP contribution is -2.48. The van der Waals surface area contributed by atoms with E-state index in [2.05, 4.69) is 46.0 Å². The third-order valence-corrected chi connectivity index (χ3v) is 4.81. The number of aryl methyl sites for hydroxylation is 1. The van der Waals surface area contributed by atoms with Gasteiger partial charge in [0.05, 0.1) is 12.6 Å². The van der Waals surface area contributed by atoms with Gasteiger partial charge in [0.25, 0.3) is 0 Å². The number of ether oxygens (including phenoxy) is 1. The van der Waals surface area contributed by atoms with Gasteiger partial charge in [0, 0.05) is 44.9 Å². The molecule has 1 aromatic heterocycles. The van der Waals surface area contributed by atoms with Crippen molar-refractivity contribution in [2.75, 3.05) is 45.9 Å². The minimum atomic E-state index is 0.140. The molecule has 1 fully saturated rings. The van der Waals surface area contributed by atoms with Crippen LogP contribution in [0.15, 0.2) is 28.7 Å². The third-order valence-electron chi connectivity index (χ3n) is 4.81. The van der Waals surface area contributed by atoms with Gasteiger partial charge in [-0.2, -0.15) is 0 Å². The molecule has 0 radical (unpaired) electrons. The van der Waals surface area contributed by atoms with E-state index < -0.39 is 0 Å². The standard InChI is InChI=1S/C19H28N4O2/c1-4-24-14-13-22-9-11-23(12-10-22)16(3)18-20-21-19(25-18)17-7-5-15(2)6-8-17/h5-8,16H,4,9-14H2,1-3H3. The van der Waals surface area contributed by atoms with Gasteiger partial charge in [-0.15, -0.1) is 10.2 Å². The molecule has 2 aromatic rings. The van der Waals surface area contributed by atoms with Crippen molar-refractivity contribution in [1.82, 2.24) is 20.0 Å². The Balaban J connectivity index is 1.55. The van der Waals surface area contributed by atoms with Crippen molar-refractivity contribution >= 4 is 0 Å². The highest BCUT2D eigenvalue weighted by Gasteiger charge is 2.25. The molecule has 1 aliphatic heterocycles. The number of rotatable bonds is 7. The number of hydrogen-bond acceptors (Lipinski definition) is 6. The summed E-state index contributed by atoms with van der Waals surface area (Å²) in [5.74, 6) is 1.29. The predicted octanol–water partition coefficient (Wildman–Crippen LogP) is 2.76. The summed E-state index contributed by atoms with van der Waals surface area (Å²) in [5.41, 5.74) is 2.19. The highest BCUT2D eigenvalue weighted by atomic mass is 16.5. The van der Waals surface area contributed by atoms with Crippen molar-refractivity contribution in [3.8, 4) is 11.5 Å². The van der Waals surface area contributed by atoms with Crippen molar-refractivity contribution in [3.05, 3.63) is 35.7 Å². The molecule has 0 aliphatic carbocycles. The van der Waals surface area contributed by atoms with Gasteiger partial charge in [-0.1, -0.05) is 17.7 Å². The Morgan fingerprint density at radius 1 is 1.12 bits per heavy atom. The van der Waals surface area contributed by atoms with Crippen LogP contribution in [0.3, 0.4) is 0 Å². The molecule has 1 unspecified atom stereocenters. The van der Waals surface area contributed by atoms with Crippen molar-refractivity contribution < 1.29 is 9.15 Å². The number of benzene rings is 1. The molecule has 6 heteroatoms. The van der Waals surface area contributed by atoms with E-state index in [0.29, 0.717) is 11.8 Å². The average molecular weight is 344 g/mol. The molecular weight excluding hydrogens is 316 g/mol. The third kappa shape index (κ3) is 4.66. The number of piperazine rings is 1. The first-order chi connectivity index (χ1) is 12.2. The lowest BCUT2D eigenvalue weighted by molar-refractivity contribution is 0.0622. The maximum absolute atomic E-state index is 5.93. The molecule has 136 valence electrons. The highest BCUT2D eigenvalue weighted by Crippen LogP contribution is 2.24. The molecule has 0 amide bonds. The summed E-state index contributed by atoms with van der Waals surface area (Å²) in [7, 11) is 0. The fourth-order valence-corrected chi connectivity index (χ4v) is 3.08. The van der Waals surface area contributed by atoms with Crippen LogP contribution in [0.4, 0.5) is 0 Å². The van der Waals surface area contributed by atoms with Gasteiger partial charge in [-0.05, 0) is 32.9 Å². The maximum Gasteiger partial charge on any atom is 0.247 e. The van der Waals surface area contributed by atoms with Crippen LogP contribution in [-0.4, -0.2) is 65.9 Å². The molecule has 1 aromatic carbocycles. The van der Waals surface area contributed by atoms with Crippen molar-refractivity contribution in [1.29, 1.82) is 0 Å². The normalized spacial score (nSPS) is 17.7. The zero-order chi connectivity index (χ0) is 17.6. The fraction of sp³-hybridized carbons (Fsp3) is 0.579. The molecular formula is C19H28N4O2. The quantitative estimate of drug-likeness (QED) is 0.720. The van der Waals surface area contributed by atoms with Crippen LogP contribution in [0, 0.1) is 6.92 Å². The molecule has 0 N–H and O–H groups in total. The predicted molar refractivity (Wildman–Crippen MR) is 97.4 cm³/mol. The Labute approximate surface area is 149 Å². The van der Waals surface area contributed by atoms with E-state index in [4.69, 9.17) is 9.15 Å². The van der Waals surface area contributed by atoms with E-state index in [1.807, 2.05) is 19.1 Å². The first-order valence-corrected chi connectivity index (χ1v) is 9.12. The molecule has 1 atom stereocenters. The molecule has 2 heterocycles. The van der Waals surface area contributed by atoms with Gasteiger partial charge >= 0.3 is 0 Å². The van der Waals surface area contributed by atoms with Crippen LogP contribution in [0.2, 0.25) is 0 Å². The minimum Gasteiger partial charge on any atom is -0.419 e. The summed E-state index contributed by atoms with van der Waals surface area (Å²) in [6, 6.07) is 8.30. The molecule has 0 spiro atoms.